The van der Waals surface area contributed by atoms with Crippen LogP contribution in [0.5, 0.6) is 0 Å². The maximum absolute atomic E-state index is 5.66. The summed E-state index contributed by atoms with van der Waals surface area (Å²) < 4.78 is 0. The summed E-state index contributed by atoms with van der Waals surface area (Å²) in [5.74, 6) is 0.539. The topological polar surface area (TPSA) is 67.6 Å². The normalized spacial score (nSPS) is 10.8. The minimum absolute atomic E-state index is 0.539. The van der Waals surface area contributed by atoms with Crippen LogP contribution in [0.4, 0.5) is 5.82 Å². The third kappa shape index (κ3) is 1.40. The largest absolute Gasteiger partial charge is 0.384 e. The SMILES string of the molecule is Nc1cc2cc(-c3cn[nH]c3)ccc2cn1. The average Bonchev–Trinajstić information content (AvgIpc) is 2.81. The van der Waals surface area contributed by atoms with E-state index in [4.69, 9.17) is 5.73 Å². The van der Waals surface area contributed by atoms with Crippen LogP contribution in [0.2, 0.25) is 0 Å². The van der Waals surface area contributed by atoms with E-state index >= 15 is 0 Å². The van der Waals surface area contributed by atoms with E-state index in [1.807, 2.05) is 24.4 Å². The number of pyridine rings is 1. The molecule has 0 amide bonds. The fourth-order valence-corrected chi connectivity index (χ4v) is 1.75. The van der Waals surface area contributed by atoms with Crippen molar-refractivity contribution in [3.05, 3.63) is 42.9 Å². The second kappa shape index (κ2) is 3.34. The van der Waals surface area contributed by atoms with Gasteiger partial charge in [0.05, 0.1) is 6.20 Å². The van der Waals surface area contributed by atoms with E-state index in [1.165, 1.54) is 0 Å². The lowest BCUT2D eigenvalue weighted by Crippen LogP contribution is -1.88. The van der Waals surface area contributed by atoms with Gasteiger partial charge in [0.1, 0.15) is 5.82 Å². The number of anilines is 1. The van der Waals surface area contributed by atoms with Crippen LogP contribution < -0.4 is 5.73 Å². The third-order valence-corrected chi connectivity index (χ3v) is 2.57. The van der Waals surface area contributed by atoms with Crippen LogP contribution >= 0.6 is 0 Å². The molecule has 4 heteroatoms. The highest BCUT2D eigenvalue weighted by molar-refractivity contribution is 5.88. The number of nitrogen functional groups attached to an aromatic ring is 1. The van der Waals surface area contributed by atoms with Gasteiger partial charge in [0.25, 0.3) is 0 Å². The van der Waals surface area contributed by atoms with Gasteiger partial charge in [-0.15, -0.1) is 0 Å². The first kappa shape index (κ1) is 8.91. The Labute approximate surface area is 92.1 Å². The zero-order chi connectivity index (χ0) is 11.0. The van der Waals surface area contributed by atoms with Gasteiger partial charge in [-0.2, -0.15) is 5.10 Å². The highest BCUT2D eigenvalue weighted by Gasteiger charge is 2.01. The van der Waals surface area contributed by atoms with E-state index in [9.17, 15) is 0 Å². The number of hydrogen-bond donors (Lipinski definition) is 2. The molecule has 0 radical (unpaired) electrons. The maximum atomic E-state index is 5.66. The molecule has 0 saturated heterocycles. The lowest BCUT2D eigenvalue weighted by atomic mass is 10.1. The Morgan fingerprint density at radius 2 is 1.94 bits per heavy atom. The summed E-state index contributed by atoms with van der Waals surface area (Å²) in [6.07, 6.45) is 5.45. The molecular weight excluding hydrogens is 200 g/mol. The predicted molar refractivity (Wildman–Crippen MR) is 63.7 cm³/mol. The highest BCUT2D eigenvalue weighted by Crippen LogP contribution is 2.23. The number of aromatic nitrogens is 3. The van der Waals surface area contributed by atoms with Gasteiger partial charge < -0.3 is 5.73 Å². The second-order valence-electron chi connectivity index (χ2n) is 3.66. The number of hydrogen-bond acceptors (Lipinski definition) is 3. The predicted octanol–water partition coefficient (Wildman–Crippen LogP) is 2.21. The molecule has 0 bridgehead atoms. The first-order valence-corrected chi connectivity index (χ1v) is 4.97. The summed E-state index contributed by atoms with van der Waals surface area (Å²) in [5.41, 5.74) is 7.85. The van der Waals surface area contributed by atoms with Gasteiger partial charge in [0, 0.05) is 23.3 Å². The molecule has 2 aromatic heterocycles. The van der Waals surface area contributed by atoms with Crippen molar-refractivity contribution in [3.63, 3.8) is 0 Å². The standard InChI is InChI=1S/C12H10N4/c13-12-4-10-3-8(11-6-15-16-7-11)1-2-9(10)5-14-12/h1-7H,(H2,13,14)(H,15,16). The zero-order valence-corrected chi connectivity index (χ0v) is 8.51. The minimum Gasteiger partial charge on any atom is -0.384 e. The van der Waals surface area contributed by atoms with E-state index in [1.54, 1.807) is 12.4 Å². The maximum Gasteiger partial charge on any atom is 0.123 e. The van der Waals surface area contributed by atoms with Crippen molar-refractivity contribution >= 4 is 16.6 Å². The van der Waals surface area contributed by atoms with Crippen molar-refractivity contribution in [3.8, 4) is 11.1 Å². The molecule has 0 aliphatic rings. The van der Waals surface area contributed by atoms with Crippen LogP contribution in [0, 0.1) is 0 Å². The quantitative estimate of drug-likeness (QED) is 0.647. The number of benzene rings is 1. The molecule has 16 heavy (non-hydrogen) atoms. The molecule has 0 atom stereocenters. The van der Waals surface area contributed by atoms with E-state index in [0.717, 1.165) is 21.9 Å². The number of fused-ring (bicyclic) bond motifs is 1. The first-order chi connectivity index (χ1) is 7.83. The monoisotopic (exact) mass is 210 g/mol. The third-order valence-electron chi connectivity index (χ3n) is 2.57. The number of rotatable bonds is 1. The number of nitrogens with zero attached hydrogens (tertiary/aromatic N) is 2. The van der Waals surface area contributed by atoms with Crippen molar-refractivity contribution in [1.82, 2.24) is 15.2 Å². The Balaban J connectivity index is 2.22. The van der Waals surface area contributed by atoms with E-state index < -0.39 is 0 Å². The molecule has 0 spiro atoms. The molecule has 0 aliphatic heterocycles. The van der Waals surface area contributed by atoms with E-state index in [0.29, 0.717) is 5.82 Å². The number of H-pyrrole nitrogens is 1. The van der Waals surface area contributed by atoms with E-state index in [-0.39, 0.29) is 0 Å². The molecule has 3 rings (SSSR count). The molecular formula is C12H10N4. The fraction of sp³-hybridized carbons (Fsp3) is 0. The number of nitrogens with one attached hydrogen (secondary N) is 1. The van der Waals surface area contributed by atoms with Crippen LogP contribution in [-0.4, -0.2) is 15.2 Å². The summed E-state index contributed by atoms with van der Waals surface area (Å²) in [4.78, 5) is 4.06. The zero-order valence-electron chi connectivity index (χ0n) is 8.51. The molecule has 1 aromatic carbocycles. The molecule has 4 nitrogen and oxygen atoms in total. The van der Waals surface area contributed by atoms with E-state index in [2.05, 4.69) is 21.2 Å². The van der Waals surface area contributed by atoms with Gasteiger partial charge >= 0.3 is 0 Å². The van der Waals surface area contributed by atoms with Gasteiger partial charge in [-0.1, -0.05) is 12.1 Å². The number of nitrogens with two attached hydrogens (primary N) is 1. The Morgan fingerprint density at radius 1 is 1.00 bits per heavy atom. The molecule has 0 saturated carbocycles. The lowest BCUT2D eigenvalue weighted by Gasteiger charge is -2.01. The number of aromatic amines is 1. The summed E-state index contributed by atoms with van der Waals surface area (Å²) in [6, 6.07) is 8.03. The Bertz CT molecular complexity index is 629. The molecule has 0 fully saturated rings. The molecule has 2 heterocycles. The Hall–Kier alpha value is -2.36. The van der Waals surface area contributed by atoms with Crippen LogP contribution in [0.25, 0.3) is 21.9 Å². The van der Waals surface area contributed by atoms with Gasteiger partial charge in [-0.05, 0) is 23.1 Å². The lowest BCUT2D eigenvalue weighted by molar-refractivity contribution is 1.09. The summed E-state index contributed by atoms with van der Waals surface area (Å²) >= 11 is 0. The summed E-state index contributed by atoms with van der Waals surface area (Å²) in [6.45, 7) is 0. The van der Waals surface area contributed by atoms with Gasteiger partial charge in [-0.3, -0.25) is 5.10 Å². The van der Waals surface area contributed by atoms with Crippen molar-refractivity contribution in [2.24, 2.45) is 0 Å². The summed E-state index contributed by atoms with van der Waals surface area (Å²) in [5, 5.41) is 8.91. The molecule has 0 unspecified atom stereocenters. The first-order valence-electron chi connectivity index (χ1n) is 4.97. The molecule has 78 valence electrons. The van der Waals surface area contributed by atoms with Crippen LogP contribution in [0.15, 0.2) is 42.9 Å². The second-order valence-corrected chi connectivity index (χ2v) is 3.66. The van der Waals surface area contributed by atoms with Crippen molar-refractivity contribution in [1.29, 1.82) is 0 Å². The van der Waals surface area contributed by atoms with Crippen molar-refractivity contribution in [2.45, 2.75) is 0 Å². The molecule has 3 N–H and O–H groups in total. The Kier molecular flexibility index (Phi) is 1.86. The minimum atomic E-state index is 0.539. The van der Waals surface area contributed by atoms with Crippen LogP contribution in [-0.2, 0) is 0 Å². The average molecular weight is 210 g/mol. The highest BCUT2D eigenvalue weighted by atomic mass is 15.1. The molecule has 3 aromatic rings. The fourth-order valence-electron chi connectivity index (χ4n) is 1.75. The van der Waals surface area contributed by atoms with Crippen molar-refractivity contribution < 1.29 is 0 Å². The van der Waals surface area contributed by atoms with Gasteiger partial charge in [0.15, 0.2) is 0 Å². The van der Waals surface area contributed by atoms with Crippen molar-refractivity contribution in [2.75, 3.05) is 5.73 Å². The smallest absolute Gasteiger partial charge is 0.123 e. The van der Waals surface area contributed by atoms with Crippen LogP contribution in [0.1, 0.15) is 0 Å². The molecule has 0 aliphatic carbocycles. The van der Waals surface area contributed by atoms with Gasteiger partial charge in [0.2, 0.25) is 0 Å². The summed E-state index contributed by atoms with van der Waals surface area (Å²) in [7, 11) is 0. The van der Waals surface area contributed by atoms with Crippen LogP contribution in [0.3, 0.4) is 0 Å². The van der Waals surface area contributed by atoms with Gasteiger partial charge in [-0.25, -0.2) is 4.98 Å². The Morgan fingerprint density at radius 3 is 2.75 bits per heavy atom.